The number of nitrogens with one attached hydrogen (secondary N) is 2. The van der Waals surface area contributed by atoms with Crippen LogP contribution < -0.4 is 20.1 Å². The Balaban J connectivity index is 1.74. The van der Waals surface area contributed by atoms with Crippen LogP contribution in [0.1, 0.15) is 33.4 Å². The number of carbonyl (C=O) groups excluding carboxylic acids is 2. The van der Waals surface area contributed by atoms with Crippen LogP contribution in [-0.2, 0) is 0 Å². The largest absolute Gasteiger partial charge is 0.493 e. The molecule has 0 aliphatic heterocycles. The molecule has 2 aromatic carbocycles. The monoisotopic (exact) mass is 444 g/mol. The van der Waals surface area contributed by atoms with Crippen LogP contribution in [0.2, 0.25) is 5.02 Å². The zero-order valence-electron chi connectivity index (χ0n) is 16.5. The molecule has 0 radical (unpaired) electrons. The number of hydrogen-bond donors (Lipinski definition) is 2. The number of hydrogen-bond acceptors (Lipinski definition) is 5. The van der Waals surface area contributed by atoms with Crippen molar-refractivity contribution in [1.82, 2.24) is 0 Å². The van der Waals surface area contributed by atoms with Gasteiger partial charge >= 0.3 is 0 Å². The van der Waals surface area contributed by atoms with E-state index in [1.54, 1.807) is 36.4 Å². The van der Waals surface area contributed by atoms with Crippen LogP contribution in [-0.4, -0.2) is 25.5 Å². The van der Waals surface area contributed by atoms with E-state index in [0.717, 1.165) is 6.42 Å². The molecular weight excluding hydrogens is 424 g/mol. The molecule has 2 N–H and O–H groups in total. The number of halogens is 1. The van der Waals surface area contributed by atoms with Crippen LogP contribution in [0.5, 0.6) is 11.5 Å². The minimum absolute atomic E-state index is 0.201. The van der Waals surface area contributed by atoms with Crippen LogP contribution in [0.4, 0.5) is 11.4 Å². The summed E-state index contributed by atoms with van der Waals surface area (Å²) in [7, 11) is 1.49. The van der Waals surface area contributed by atoms with Gasteiger partial charge in [0.2, 0.25) is 0 Å². The van der Waals surface area contributed by atoms with Crippen molar-refractivity contribution in [2.24, 2.45) is 0 Å². The van der Waals surface area contributed by atoms with Crippen molar-refractivity contribution < 1.29 is 19.1 Å². The maximum atomic E-state index is 12.7. The fourth-order valence-electron chi connectivity index (χ4n) is 2.67. The third-order valence-electron chi connectivity index (χ3n) is 4.07. The van der Waals surface area contributed by atoms with Crippen LogP contribution in [0.25, 0.3) is 0 Å². The van der Waals surface area contributed by atoms with E-state index in [2.05, 4.69) is 10.6 Å². The van der Waals surface area contributed by atoms with Gasteiger partial charge in [0.05, 0.1) is 23.6 Å². The molecule has 2 amide bonds. The summed E-state index contributed by atoms with van der Waals surface area (Å²) in [6, 6.07) is 13.6. The minimum atomic E-state index is -0.362. The zero-order chi connectivity index (χ0) is 21.5. The minimum Gasteiger partial charge on any atom is -0.493 e. The zero-order valence-corrected chi connectivity index (χ0v) is 18.1. The molecule has 156 valence electrons. The number of amides is 2. The summed E-state index contributed by atoms with van der Waals surface area (Å²) in [5.41, 5.74) is 1.43. The summed E-state index contributed by atoms with van der Waals surface area (Å²) in [4.78, 5) is 25.6. The Morgan fingerprint density at radius 1 is 1.03 bits per heavy atom. The second-order valence-corrected chi connectivity index (χ2v) is 7.66. The first kappa shape index (κ1) is 21.7. The Labute approximate surface area is 183 Å². The van der Waals surface area contributed by atoms with Gasteiger partial charge in [-0.15, -0.1) is 11.3 Å². The topological polar surface area (TPSA) is 76.7 Å². The van der Waals surface area contributed by atoms with Gasteiger partial charge in [0.15, 0.2) is 11.5 Å². The third-order valence-corrected chi connectivity index (χ3v) is 5.21. The van der Waals surface area contributed by atoms with E-state index < -0.39 is 0 Å². The summed E-state index contributed by atoms with van der Waals surface area (Å²) < 4.78 is 10.9. The average Bonchev–Trinajstić information content (AvgIpc) is 3.27. The van der Waals surface area contributed by atoms with E-state index in [-0.39, 0.29) is 11.8 Å². The molecule has 8 heteroatoms. The van der Waals surface area contributed by atoms with Crippen molar-refractivity contribution in [2.75, 3.05) is 24.4 Å². The lowest BCUT2D eigenvalue weighted by atomic mass is 10.1. The quantitative estimate of drug-likeness (QED) is 0.467. The van der Waals surface area contributed by atoms with Gasteiger partial charge in [0.25, 0.3) is 11.8 Å². The van der Waals surface area contributed by atoms with Crippen molar-refractivity contribution in [2.45, 2.75) is 13.3 Å². The van der Waals surface area contributed by atoms with E-state index in [1.165, 1.54) is 24.5 Å². The van der Waals surface area contributed by atoms with E-state index >= 15 is 0 Å². The van der Waals surface area contributed by atoms with Gasteiger partial charge in [0, 0.05) is 16.9 Å². The Hall–Kier alpha value is -3.03. The maximum Gasteiger partial charge on any atom is 0.265 e. The van der Waals surface area contributed by atoms with Crippen LogP contribution >= 0.6 is 22.9 Å². The summed E-state index contributed by atoms with van der Waals surface area (Å²) >= 11 is 7.65. The SMILES string of the molecule is CCCOc1c(Cl)cc(C(=O)Nc2cccc(NC(=O)c3cccs3)c2)cc1OC. The number of methoxy groups -OCH3 is 1. The first-order valence-electron chi connectivity index (χ1n) is 9.28. The van der Waals surface area contributed by atoms with Crippen LogP contribution in [0, 0.1) is 0 Å². The predicted octanol–water partition coefficient (Wildman–Crippen LogP) is 5.70. The fraction of sp³-hybridized carbons (Fsp3) is 0.182. The van der Waals surface area contributed by atoms with Gasteiger partial charge in [-0.2, -0.15) is 0 Å². The second-order valence-electron chi connectivity index (χ2n) is 6.30. The Bertz CT molecular complexity index is 1040. The van der Waals surface area contributed by atoms with Crippen molar-refractivity contribution in [3.05, 3.63) is 69.4 Å². The molecule has 1 aromatic heterocycles. The summed E-state index contributed by atoms with van der Waals surface area (Å²) in [6.07, 6.45) is 0.821. The second kappa shape index (κ2) is 10.1. The third kappa shape index (κ3) is 5.31. The van der Waals surface area contributed by atoms with Gasteiger partial charge in [-0.3, -0.25) is 9.59 Å². The first-order valence-corrected chi connectivity index (χ1v) is 10.5. The number of anilines is 2. The molecule has 0 aliphatic carbocycles. The molecule has 0 saturated heterocycles. The number of ether oxygens (including phenoxy) is 2. The van der Waals surface area contributed by atoms with Gasteiger partial charge < -0.3 is 20.1 Å². The van der Waals surface area contributed by atoms with Crippen LogP contribution in [0.15, 0.2) is 53.9 Å². The summed E-state index contributed by atoms with van der Waals surface area (Å²) in [5.74, 6) is 0.237. The molecule has 0 fully saturated rings. The molecule has 3 rings (SSSR count). The highest BCUT2D eigenvalue weighted by Crippen LogP contribution is 2.36. The van der Waals surface area contributed by atoms with Gasteiger partial charge in [-0.25, -0.2) is 0 Å². The molecule has 1 heterocycles. The average molecular weight is 445 g/mol. The molecule has 6 nitrogen and oxygen atoms in total. The predicted molar refractivity (Wildman–Crippen MR) is 120 cm³/mol. The Morgan fingerprint density at radius 2 is 1.77 bits per heavy atom. The highest BCUT2D eigenvalue weighted by Gasteiger charge is 2.16. The number of thiophene rings is 1. The number of benzene rings is 2. The number of rotatable bonds is 8. The Kier molecular flexibility index (Phi) is 7.32. The lowest BCUT2D eigenvalue weighted by Gasteiger charge is -2.14. The molecule has 0 bridgehead atoms. The van der Waals surface area contributed by atoms with E-state index in [4.69, 9.17) is 21.1 Å². The molecule has 3 aromatic rings. The van der Waals surface area contributed by atoms with Gasteiger partial charge in [-0.1, -0.05) is 30.7 Å². The summed E-state index contributed by atoms with van der Waals surface area (Å²) in [6.45, 7) is 2.48. The summed E-state index contributed by atoms with van der Waals surface area (Å²) in [5, 5.41) is 7.75. The fourth-order valence-corrected chi connectivity index (χ4v) is 3.56. The molecule has 0 saturated carbocycles. The van der Waals surface area contributed by atoms with Crippen molar-refractivity contribution in [3.8, 4) is 11.5 Å². The first-order chi connectivity index (χ1) is 14.5. The highest BCUT2D eigenvalue weighted by molar-refractivity contribution is 7.12. The molecule has 30 heavy (non-hydrogen) atoms. The molecule has 0 aliphatic rings. The van der Waals surface area contributed by atoms with Crippen molar-refractivity contribution >= 4 is 46.1 Å². The van der Waals surface area contributed by atoms with E-state index in [9.17, 15) is 9.59 Å². The highest BCUT2D eigenvalue weighted by atomic mass is 35.5. The van der Waals surface area contributed by atoms with E-state index in [1.807, 2.05) is 18.4 Å². The Morgan fingerprint density at radius 3 is 2.40 bits per heavy atom. The van der Waals surface area contributed by atoms with Gasteiger partial charge in [-0.05, 0) is 48.2 Å². The lowest BCUT2D eigenvalue weighted by molar-refractivity contribution is 0.102. The lowest BCUT2D eigenvalue weighted by Crippen LogP contribution is -2.14. The van der Waals surface area contributed by atoms with Crippen molar-refractivity contribution in [3.63, 3.8) is 0 Å². The normalized spacial score (nSPS) is 10.4. The van der Waals surface area contributed by atoms with Crippen molar-refractivity contribution in [1.29, 1.82) is 0 Å². The molecule has 0 unspecified atom stereocenters. The number of carbonyl (C=O) groups is 2. The maximum absolute atomic E-state index is 12.7. The van der Waals surface area contributed by atoms with E-state index in [0.29, 0.717) is 44.9 Å². The molecule has 0 atom stereocenters. The molecular formula is C22H21ClN2O4S. The standard InChI is InChI=1S/C22H21ClN2O4S/c1-3-9-29-20-17(23)11-14(12-18(20)28-2)21(26)24-15-6-4-7-16(13-15)25-22(27)19-8-5-10-30-19/h4-8,10-13H,3,9H2,1-2H3,(H,24,26)(H,25,27). The van der Waals surface area contributed by atoms with Crippen LogP contribution in [0.3, 0.4) is 0 Å². The smallest absolute Gasteiger partial charge is 0.265 e. The molecule has 0 spiro atoms. The van der Waals surface area contributed by atoms with Gasteiger partial charge in [0.1, 0.15) is 0 Å².